The normalized spacial score (nSPS) is 15.5. The molecule has 1 fully saturated rings. The lowest BCUT2D eigenvalue weighted by Gasteiger charge is -2.21. The number of aromatic nitrogens is 3. The summed E-state index contributed by atoms with van der Waals surface area (Å²) in [5.41, 5.74) is -2.33. The minimum Gasteiger partial charge on any atom is -0.356 e. The molecule has 2 aromatic heterocycles. The van der Waals surface area contributed by atoms with Crippen LogP contribution in [0.3, 0.4) is 0 Å². The molecule has 4 rings (SSSR count). The van der Waals surface area contributed by atoms with E-state index in [1.807, 2.05) is 0 Å². The molecule has 164 valence electrons. The van der Waals surface area contributed by atoms with Gasteiger partial charge in [0.15, 0.2) is 5.82 Å². The molecule has 2 heterocycles. The predicted octanol–water partition coefficient (Wildman–Crippen LogP) is 3.87. The van der Waals surface area contributed by atoms with Gasteiger partial charge >= 0.3 is 6.18 Å². The number of benzene rings is 1. The van der Waals surface area contributed by atoms with Crippen LogP contribution in [-0.4, -0.2) is 20.8 Å². The number of nitrogens with one attached hydrogen (secondary N) is 1. The zero-order valence-electron chi connectivity index (χ0n) is 16.2. The summed E-state index contributed by atoms with van der Waals surface area (Å²) in [4.78, 5) is 24.7. The van der Waals surface area contributed by atoms with E-state index in [4.69, 9.17) is 0 Å². The van der Waals surface area contributed by atoms with E-state index in [0.717, 1.165) is 41.8 Å². The Hall–Kier alpha value is -3.24. The quantitative estimate of drug-likeness (QED) is 0.612. The molecule has 0 saturated heterocycles. The maximum absolute atomic E-state index is 13.9. The summed E-state index contributed by atoms with van der Waals surface area (Å²) in [6.07, 6.45) is -4.83. The number of anilines is 1. The first kappa shape index (κ1) is 21.0. The second-order valence-electron chi connectivity index (χ2n) is 7.43. The fourth-order valence-electron chi connectivity index (χ4n) is 3.43. The molecule has 31 heavy (non-hydrogen) atoms. The molecule has 1 N–H and O–H groups in total. The molecule has 0 radical (unpaired) electrons. The fourth-order valence-corrected chi connectivity index (χ4v) is 3.43. The van der Waals surface area contributed by atoms with Crippen molar-refractivity contribution < 1.29 is 22.0 Å². The van der Waals surface area contributed by atoms with Gasteiger partial charge in [0.25, 0.3) is 17.5 Å². The zero-order chi connectivity index (χ0) is 22.5. The van der Waals surface area contributed by atoms with Gasteiger partial charge in [-0.15, -0.1) is 0 Å². The van der Waals surface area contributed by atoms with Crippen molar-refractivity contribution in [1.29, 1.82) is 0 Å². The van der Waals surface area contributed by atoms with Crippen molar-refractivity contribution in [3.63, 3.8) is 0 Å². The standard InChI is InChI=1S/C20H17F5N4O2/c1-28-19(31)13-8-15(30)29(12-5-6-12)9-14(13)18(27-28)26-16(17(21)22)10-3-2-4-11(7-10)20(23,24)25/h2-4,7-9,12,16-17H,5-6H2,1H3,(H,26,27). The van der Waals surface area contributed by atoms with Crippen molar-refractivity contribution in [2.24, 2.45) is 7.05 Å². The highest BCUT2D eigenvalue weighted by molar-refractivity contribution is 5.90. The molecule has 1 aliphatic carbocycles. The van der Waals surface area contributed by atoms with Gasteiger partial charge in [-0.1, -0.05) is 12.1 Å². The third-order valence-electron chi connectivity index (χ3n) is 5.17. The van der Waals surface area contributed by atoms with Gasteiger partial charge in [-0.3, -0.25) is 9.59 Å². The van der Waals surface area contributed by atoms with Gasteiger partial charge in [0.2, 0.25) is 0 Å². The van der Waals surface area contributed by atoms with Gasteiger partial charge in [-0.05, 0) is 30.5 Å². The maximum atomic E-state index is 13.9. The van der Waals surface area contributed by atoms with Crippen molar-refractivity contribution in [3.05, 3.63) is 68.4 Å². The summed E-state index contributed by atoms with van der Waals surface area (Å²) in [6.45, 7) is 0. The molecule has 1 unspecified atom stereocenters. The third kappa shape index (κ3) is 4.04. The van der Waals surface area contributed by atoms with Gasteiger partial charge in [-0.25, -0.2) is 13.5 Å². The van der Waals surface area contributed by atoms with E-state index in [2.05, 4.69) is 10.4 Å². The number of fused-ring (bicyclic) bond motifs is 1. The van der Waals surface area contributed by atoms with Gasteiger partial charge in [0, 0.05) is 30.7 Å². The monoisotopic (exact) mass is 440 g/mol. The van der Waals surface area contributed by atoms with Gasteiger partial charge in [0.05, 0.1) is 10.9 Å². The Morgan fingerprint density at radius 1 is 1.13 bits per heavy atom. The van der Waals surface area contributed by atoms with Crippen LogP contribution in [0, 0.1) is 0 Å². The van der Waals surface area contributed by atoms with E-state index in [1.54, 1.807) is 0 Å². The molecule has 1 aliphatic rings. The first-order valence-corrected chi connectivity index (χ1v) is 9.41. The van der Waals surface area contributed by atoms with Gasteiger partial charge < -0.3 is 9.88 Å². The smallest absolute Gasteiger partial charge is 0.356 e. The minimum atomic E-state index is -4.69. The van der Waals surface area contributed by atoms with Crippen LogP contribution in [0.25, 0.3) is 10.8 Å². The molecular weight excluding hydrogens is 423 g/mol. The third-order valence-corrected chi connectivity index (χ3v) is 5.17. The minimum absolute atomic E-state index is 0.0149. The molecule has 0 amide bonds. The number of hydrogen-bond donors (Lipinski definition) is 1. The summed E-state index contributed by atoms with van der Waals surface area (Å²) in [6, 6.07) is 2.91. The number of pyridine rings is 1. The SMILES string of the molecule is Cn1nc(NC(c2cccc(C(F)(F)F)c2)C(F)F)c2cn(C3CC3)c(=O)cc2c1=O. The molecule has 1 atom stereocenters. The van der Waals surface area contributed by atoms with Gasteiger partial charge in [-0.2, -0.15) is 18.3 Å². The van der Waals surface area contributed by atoms with Gasteiger partial charge in [0.1, 0.15) is 6.04 Å². The Morgan fingerprint density at radius 2 is 1.84 bits per heavy atom. The number of alkyl halides is 5. The topological polar surface area (TPSA) is 68.9 Å². The maximum Gasteiger partial charge on any atom is 0.416 e. The van der Waals surface area contributed by atoms with Crippen LogP contribution in [0.5, 0.6) is 0 Å². The Morgan fingerprint density at radius 3 is 2.45 bits per heavy atom. The molecule has 11 heteroatoms. The van der Waals surface area contributed by atoms with E-state index >= 15 is 0 Å². The largest absolute Gasteiger partial charge is 0.416 e. The lowest BCUT2D eigenvalue weighted by molar-refractivity contribution is -0.137. The lowest BCUT2D eigenvalue weighted by atomic mass is 10.0. The highest BCUT2D eigenvalue weighted by atomic mass is 19.4. The Kier molecular flexibility index (Phi) is 5.06. The molecule has 6 nitrogen and oxygen atoms in total. The van der Waals surface area contributed by atoms with E-state index < -0.39 is 35.3 Å². The number of aryl methyl sites for hydroxylation is 1. The van der Waals surface area contributed by atoms with E-state index in [1.165, 1.54) is 17.8 Å². The summed E-state index contributed by atoms with van der Waals surface area (Å²) < 4.78 is 69.1. The Balaban J connectivity index is 1.84. The predicted molar refractivity (Wildman–Crippen MR) is 103 cm³/mol. The summed E-state index contributed by atoms with van der Waals surface area (Å²) >= 11 is 0. The number of rotatable bonds is 5. The molecule has 3 aromatic rings. The highest BCUT2D eigenvalue weighted by Crippen LogP contribution is 2.36. The van der Waals surface area contributed by atoms with Crippen molar-refractivity contribution in [2.75, 3.05) is 5.32 Å². The summed E-state index contributed by atoms with van der Waals surface area (Å²) in [5.74, 6) is -0.130. The average molecular weight is 440 g/mol. The van der Waals surface area contributed by atoms with Crippen molar-refractivity contribution in [3.8, 4) is 0 Å². The van der Waals surface area contributed by atoms with Crippen molar-refractivity contribution >= 4 is 16.6 Å². The molecular formula is C20H17F5N4O2. The first-order chi connectivity index (χ1) is 14.6. The van der Waals surface area contributed by atoms with Crippen LogP contribution in [0.15, 0.2) is 46.1 Å². The van der Waals surface area contributed by atoms with Crippen molar-refractivity contribution in [1.82, 2.24) is 14.3 Å². The van der Waals surface area contributed by atoms with Crippen LogP contribution >= 0.6 is 0 Å². The molecule has 0 bridgehead atoms. The first-order valence-electron chi connectivity index (χ1n) is 9.41. The molecule has 0 aliphatic heterocycles. The summed E-state index contributed by atoms with van der Waals surface area (Å²) in [7, 11) is 1.29. The second-order valence-corrected chi connectivity index (χ2v) is 7.43. The van der Waals surface area contributed by atoms with Crippen LogP contribution in [0.2, 0.25) is 0 Å². The van der Waals surface area contributed by atoms with E-state index in [0.29, 0.717) is 6.07 Å². The van der Waals surface area contributed by atoms with E-state index in [-0.39, 0.29) is 28.2 Å². The average Bonchev–Trinajstić information content (AvgIpc) is 3.53. The molecule has 1 aromatic carbocycles. The lowest BCUT2D eigenvalue weighted by Crippen LogP contribution is -2.27. The molecule has 1 saturated carbocycles. The zero-order valence-corrected chi connectivity index (χ0v) is 16.2. The Bertz CT molecular complexity index is 1260. The van der Waals surface area contributed by atoms with Crippen LogP contribution < -0.4 is 16.4 Å². The number of nitrogens with zero attached hydrogens (tertiary/aromatic N) is 3. The molecule has 0 spiro atoms. The second kappa shape index (κ2) is 7.47. The fraction of sp³-hybridized carbons (Fsp3) is 0.350. The Labute approximate surface area is 171 Å². The van der Waals surface area contributed by atoms with Crippen LogP contribution in [0.4, 0.5) is 27.8 Å². The number of halogens is 5. The summed E-state index contributed by atoms with van der Waals surface area (Å²) in [5, 5.41) is 6.61. The van der Waals surface area contributed by atoms with E-state index in [9.17, 15) is 31.5 Å². The number of hydrogen-bond acceptors (Lipinski definition) is 4. The van der Waals surface area contributed by atoms with Crippen LogP contribution in [-0.2, 0) is 13.2 Å². The highest BCUT2D eigenvalue weighted by Gasteiger charge is 2.33. The van der Waals surface area contributed by atoms with Crippen LogP contribution in [0.1, 0.15) is 36.1 Å². The van der Waals surface area contributed by atoms with Crippen molar-refractivity contribution in [2.45, 2.75) is 37.5 Å².